The quantitative estimate of drug-likeness (QED) is 0.402. The molecule has 0 saturated carbocycles. The number of hydrogen-bond donors (Lipinski definition) is 2. The summed E-state index contributed by atoms with van der Waals surface area (Å²) in [4.78, 5) is 12.5. The summed E-state index contributed by atoms with van der Waals surface area (Å²) >= 11 is 8.71. The standard InChI is InChI=1S/C18H19BrN2O4S/c1-5-7-25-16-12(19)8-11(9-13(16)23-4)15-14(17(22)24-6-2)10(3)20-18(26)21-15/h1,8-9,15H,6-7H2,2-4H3,(H2,20,21,26)/t15-/m1/s1. The third kappa shape index (κ3) is 4.29. The summed E-state index contributed by atoms with van der Waals surface area (Å²) in [6, 6.07) is 3.11. The molecule has 0 bridgehead atoms. The molecule has 0 radical (unpaired) electrons. The molecule has 8 heteroatoms. The summed E-state index contributed by atoms with van der Waals surface area (Å²) in [5.74, 6) is 2.97. The van der Waals surface area contributed by atoms with E-state index >= 15 is 0 Å². The number of rotatable bonds is 6. The van der Waals surface area contributed by atoms with E-state index in [1.165, 1.54) is 7.11 Å². The molecule has 0 fully saturated rings. The number of carbonyl (C=O) groups is 1. The van der Waals surface area contributed by atoms with Gasteiger partial charge in [0.05, 0.1) is 29.8 Å². The van der Waals surface area contributed by atoms with Crippen molar-refractivity contribution in [3.05, 3.63) is 33.4 Å². The molecule has 0 amide bonds. The van der Waals surface area contributed by atoms with E-state index in [9.17, 15) is 4.79 Å². The first kappa shape index (κ1) is 20.1. The van der Waals surface area contributed by atoms with Crippen LogP contribution in [-0.4, -0.2) is 31.4 Å². The minimum atomic E-state index is -0.491. The van der Waals surface area contributed by atoms with Crippen molar-refractivity contribution < 1.29 is 19.0 Å². The molecule has 26 heavy (non-hydrogen) atoms. The van der Waals surface area contributed by atoms with Crippen LogP contribution in [0.1, 0.15) is 25.5 Å². The molecular formula is C18H19BrN2O4S. The summed E-state index contributed by atoms with van der Waals surface area (Å²) < 4.78 is 16.8. The van der Waals surface area contributed by atoms with Gasteiger partial charge in [-0.15, -0.1) is 6.42 Å². The molecule has 2 N–H and O–H groups in total. The third-order valence-corrected chi connectivity index (χ3v) is 4.46. The number of nitrogens with one attached hydrogen (secondary N) is 2. The van der Waals surface area contributed by atoms with Crippen molar-refractivity contribution in [2.24, 2.45) is 0 Å². The van der Waals surface area contributed by atoms with Gasteiger partial charge in [0.2, 0.25) is 0 Å². The van der Waals surface area contributed by atoms with Gasteiger partial charge in [0.1, 0.15) is 6.61 Å². The molecule has 0 unspecified atom stereocenters. The third-order valence-electron chi connectivity index (χ3n) is 3.65. The van der Waals surface area contributed by atoms with E-state index in [2.05, 4.69) is 32.5 Å². The van der Waals surface area contributed by atoms with Crippen molar-refractivity contribution in [3.63, 3.8) is 0 Å². The number of methoxy groups -OCH3 is 1. The minimum Gasteiger partial charge on any atom is -0.493 e. The number of carbonyl (C=O) groups excluding carboxylic acids is 1. The lowest BCUT2D eigenvalue weighted by atomic mass is 9.95. The lowest BCUT2D eigenvalue weighted by Crippen LogP contribution is -2.45. The van der Waals surface area contributed by atoms with Gasteiger partial charge in [-0.3, -0.25) is 0 Å². The minimum absolute atomic E-state index is 0.108. The summed E-state index contributed by atoms with van der Waals surface area (Å²) in [7, 11) is 1.53. The van der Waals surface area contributed by atoms with Crippen LogP contribution in [0.4, 0.5) is 0 Å². The van der Waals surface area contributed by atoms with Gasteiger partial charge >= 0.3 is 5.97 Å². The number of benzene rings is 1. The Bertz CT molecular complexity index is 801. The zero-order valence-corrected chi connectivity index (χ0v) is 17.0. The Labute approximate surface area is 166 Å². The van der Waals surface area contributed by atoms with Gasteiger partial charge < -0.3 is 24.8 Å². The molecule has 138 valence electrons. The summed E-state index contributed by atoms with van der Waals surface area (Å²) in [5.41, 5.74) is 1.85. The first-order valence-corrected chi connectivity index (χ1v) is 9.02. The lowest BCUT2D eigenvalue weighted by Gasteiger charge is -2.30. The second-order valence-corrected chi connectivity index (χ2v) is 6.58. The molecular weight excluding hydrogens is 420 g/mol. The van der Waals surface area contributed by atoms with E-state index < -0.39 is 12.0 Å². The Morgan fingerprint density at radius 1 is 1.46 bits per heavy atom. The zero-order valence-electron chi connectivity index (χ0n) is 14.6. The maximum absolute atomic E-state index is 12.5. The van der Waals surface area contributed by atoms with Crippen molar-refractivity contribution in [3.8, 4) is 23.8 Å². The molecule has 1 aliphatic heterocycles. The van der Waals surface area contributed by atoms with Gasteiger partial charge in [0.15, 0.2) is 16.6 Å². The fraction of sp³-hybridized carbons (Fsp3) is 0.333. The molecule has 0 saturated heterocycles. The van der Waals surface area contributed by atoms with Crippen LogP contribution < -0.4 is 20.1 Å². The number of hydrogen-bond acceptors (Lipinski definition) is 5. The number of allylic oxidation sites excluding steroid dienone is 1. The normalized spacial score (nSPS) is 16.3. The van der Waals surface area contributed by atoms with E-state index in [0.29, 0.717) is 32.4 Å². The van der Waals surface area contributed by atoms with Crippen LogP contribution in [0.25, 0.3) is 0 Å². The van der Waals surface area contributed by atoms with Crippen LogP contribution in [-0.2, 0) is 9.53 Å². The van der Waals surface area contributed by atoms with E-state index in [0.717, 1.165) is 5.56 Å². The number of thiocarbonyl (C=S) groups is 1. The molecule has 6 nitrogen and oxygen atoms in total. The molecule has 1 aliphatic rings. The van der Waals surface area contributed by atoms with Gasteiger partial charge in [-0.25, -0.2) is 4.79 Å². The number of esters is 1. The second-order valence-electron chi connectivity index (χ2n) is 5.32. The molecule has 1 aromatic carbocycles. The Balaban J connectivity index is 2.52. The maximum Gasteiger partial charge on any atom is 0.338 e. The average molecular weight is 439 g/mol. The highest BCUT2D eigenvalue weighted by molar-refractivity contribution is 9.10. The highest BCUT2D eigenvalue weighted by atomic mass is 79.9. The largest absolute Gasteiger partial charge is 0.493 e. The van der Waals surface area contributed by atoms with Crippen molar-refractivity contribution in [1.82, 2.24) is 10.6 Å². The highest BCUT2D eigenvalue weighted by Gasteiger charge is 2.32. The predicted molar refractivity (Wildman–Crippen MR) is 106 cm³/mol. The van der Waals surface area contributed by atoms with E-state index in [4.69, 9.17) is 32.9 Å². The van der Waals surface area contributed by atoms with Gasteiger partial charge in [0, 0.05) is 5.70 Å². The molecule has 0 spiro atoms. The van der Waals surface area contributed by atoms with Gasteiger partial charge in [0.25, 0.3) is 0 Å². The molecule has 2 rings (SSSR count). The van der Waals surface area contributed by atoms with Gasteiger partial charge in [-0.2, -0.15) is 0 Å². The Morgan fingerprint density at radius 2 is 2.19 bits per heavy atom. The van der Waals surface area contributed by atoms with E-state index in [-0.39, 0.29) is 13.2 Å². The van der Waals surface area contributed by atoms with Crippen LogP contribution in [0.15, 0.2) is 27.9 Å². The molecule has 0 aliphatic carbocycles. The van der Waals surface area contributed by atoms with Crippen molar-refractivity contribution in [1.29, 1.82) is 0 Å². The molecule has 1 aromatic rings. The number of terminal acetylenes is 1. The predicted octanol–water partition coefficient (Wildman–Crippen LogP) is 2.83. The zero-order chi connectivity index (χ0) is 19.3. The Hall–Kier alpha value is -2.24. The topological polar surface area (TPSA) is 68.8 Å². The van der Waals surface area contributed by atoms with Crippen molar-refractivity contribution >= 4 is 39.2 Å². The van der Waals surface area contributed by atoms with Crippen LogP contribution >= 0.6 is 28.1 Å². The Kier molecular flexibility index (Phi) is 6.89. The highest BCUT2D eigenvalue weighted by Crippen LogP contribution is 2.40. The fourth-order valence-corrected chi connectivity index (χ4v) is 3.43. The molecule has 1 atom stereocenters. The summed E-state index contributed by atoms with van der Waals surface area (Å²) in [5, 5.41) is 6.49. The van der Waals surface area contributed by atoms with Crippen LogP contribution in [0.3, 0.4) is 0 Å². The van der Waals surface area contributed by atoms with Crippen LogP contribution in [0.2, 0.25) is 0 Å². The van der Waals surface area contributed by atoms with E-state index in [1.54, 1.807) is 19.9 Å². The summed E-state index contributed by atoms with van der Waals surface area (Å²) in [6.45, 7) is 3.92. The fourth-order valence-electron chi connectivity index (χ4n) is 2.58. The van der Waals surface area contributed by atoms with Gasteiger partial charge in [-0.1, -0.05) is 5.92 Å². The maximum atomic E-state index is 12.5. The monoisotopic (exact) mass is 438 g/mol. The second kappa shape index (κ2) is 8.92. The Morgan fingerprint density at radius 3 is 2.81 bits per heavy atom. The lowest BCUT2D eigenvalue weighted by molar-refractivity contribution is -0.139. The van der Waals surface area contributed by atoms with E-state index in [1.807, 2.05) is 6.07 Å². The average Bonchev–Trinajstić information content (AvgIpc) is 2.59. The van der Waals surface area contributed by atoms with Gasteiger partial charge in [-0.05, 0) is 59.7 Å². The number of ether oxygens (including phenoxy) is 3. The van der Waals surface area contributed by atoms with Crippen molar-refractivity contribution in [2.45, 2.75) is 19.9 Å². The smallest absolute Gasteiger partial charge is 0.338 e. The van der Waals surface area contributed by atoms with Crippen LogP contribution in [0, 0.1) is 12.3 Å². The SMILES string of the molecule is C#CCOc1c(Br)cc([C@H]2NC(=S)NC(C)=C2C(=O)OCC)cc1OC. The number of halogens is 1. The summed E-state index contributed by atoms with van der Waals surface area (Å²) in [6.07, 6.45) is 5.26. The van der Waals surface area contributed by atoms with Crippen LogP contribution in [0.5, 0.6) is 11.5 Å². The first-order chi connectivity index (χ1) is 12.4. The first-order valence-electron chi connectivity index (χ1n) is 7.82. The molecule has 1 heterocycles. The molecule has 0 aromatic heterocycles. The van der Waals surface area contributed by atoms with Crippen molar-refractivity contribution in [2.75, 3.05) is 20.3 Å².